The maximum Gasteiger partial charge on any atom is 0.197 e. The summed E-state index contributed by atoms with van der Waals surface area (Å²) in [5.41, 5.74) is 3.45. The molecule has 1 aromatic heterocycles. The molecule has 3 heteroatoms. The smallest absolute Gasteiger partial charge is 0.197 e. The first-order valence-corrected chi connectivity index (χ1v) is 6.17. The van der Waals surface area contributed by atoms with Crippen LogP contribution in [-0.4, -0.2) is 9.97 Å². The Morgan fingerprint density at radius 3 is 2.50 bits per heavy atom. The lowest BCUT2D eigenvalue weighted by molar-refractivity contribution is 0.922. The van der Waals surface area contributed by atoms with Gasteiger partial charge in [-0.1, -0.05) is 37.6 Å². The molecule has 0 radical (unpaired) electrons. The van der Waals surface area contributed by atoms with Crippen molar-refractivity contribution in [3.8, 4) is 11.3 Å². The zero-order valence-corrected chi connectivity index (χ0v) is 10.7. The van der Waals surface area contributed by atoms with Gasteiger partial charge < -0.3 is 0 Å². The lowest BCUT2D eigenvalue weighted by atomic mass is 10.1. The van der Waals surface area contributed by atoms with E-state index in [2.05, 4.69) is 57.1 Å². The fraction of sp³-hybridized carbons (Fsp3) is 0.231. The zero-order chi connectivity index (χ0) is 11.4. The lowest BCUT2D eigenvalue weighted by Crippen LogP contribution is -1.88. The molecule has 2 rings (SSSR count). The van der Waals surface area contributed by atoms with E-state index in [9.17, 15) is 0 Å². The topological polar surface area (TPSA) is 25.8 Å². The van der Waals surface area contributed by atoms with E-state index in [1.165, 1.54) is 12.0 Å². The largest absolute Gasteiger partial charge is 0.231 e. The van der Waals surface area contributed by atoms with Gasteiger partial charge in [0.15, 0.2) is 4.73 Å². The van der Waals surface area contributed by atoms with Crippen molar-refractivity contribution in [1.29, 1.82) is 0 Å². The molecule has 82 valence electrons. The van der Waals surface area contributed by atoms with Crippen LogP contribution in [0.3, 0.4) is 0 Å². The summed E-state index contributed by atoms with van der Waals surface area (Å²) in [4.78, 5) is 8.34. The monoisotopic (exact) mass is 276 g/mol. The van der Waals surface area contributed by atoms with Crippen LogP contribution < -0.4 is 0 Å². The third-order valence-corrected chi connectivity index (χ3v) is 2.80. The standard InChI is InChI=1S/C13H13BrN2/c1-2-3-10-4-6-11(7-5-10)12-8-9-15-13(14)16-12/h4-9H,2-3H2,1H3. The molecule has 0 unspecified atom stereocenters. The number of nitrogens with zero attached hydrogens (tertiary/aromatic N) is 2. The van der Waals surface area contributed by atoms with E-state index < -0.39 is 0 Å². The quantitative estimate of drug-likeness (QED) is 0.796. The Hall–Kier alpha value is -1.22. The molecular formula is C13H13BrN2. The summed E-state index contributed by atoms with van der Waals surface area (Å²) in [5, 5.41) is 0. The van der Waals surface area contributed by atoms with E-state index >= 15 is 0 Å². The van der Waals surface area contributed by atoms with E-state index in [1.54, 1.807) is 6.20 Å². The summed E-state index contributed by atoms with van der Waals surface area (Å²) in [6, 6.07) is 10.5. The third kappa shape index (κ3) is 2.67. The number of rotatable bonds is 3. The molecule has 0 aliphatic rings. The molecule has 2 nitrogen and oxygen atoms in total. The molecule has 0 bridgehead atoms. The van der Waals surface area contributed by atoms with Gasteiger partial charge in [0, 0.05) is 11.8 Å². The van der Waals surface area contributed by atoms with Gasteiger partial charge >= 0.3 is 0 Å². The second-order valence-corrected chi connectivity index (χ2v) is 4.37. The molecule has 0 amide bonds. The minimum absolute atomic E-state index is 0.627. The minimum atomic E-state index is 0.627. The number of benzene rings is 1. The maximum atomic E-state index is 4.32. The van der Waals surface area contributed by atoms with Crippen LogP contribution in [0.1, 0.15) is 18.9 Å². The van der Waals surface area contributed by atoms with E-state index in [0.29, 0.717) is 4.73 Å². The van der Waals surface area contributed by atoms with Crippen LogP contribution in [0.5, 0.6) is 0 Å². The van der Waals surface area contributed by atoms with E-state index in [0.717, 1.165) is 17.7 Å². The predicted molar refractivity (Wildman–Crippen MR) is 69.2 cm³/mol. The van der Waals surface area contributed by atoms with Crippen LogP contribution >= 0.6 is 15.9 Å². The average molecular weight is 277 g/mol. The number of aromatic nitrogens is 2. The van der Waals surface area contributed by atoms with E-state index in [4.69, 9.17) is 0 Å². The second kappa shape index (κ2) is 5.21. The molecule has 0 saturated carbocycles. The fourth-order valence-electron chi connectivity index (χ4n) is 1.63. The molecule has 0 N–H and O–H groups in total. The molecule has 0 spiro atoms. The molecule has 0 saturated heterocycles. The Labute approximate surface area is 104 Å². The molecule has 0 fully saturated rings. The maximum absolute atomic E-state index is 4.32. The van der Waals surface area contributed by atoms with Crippen LogP contribution in [0.15, 0.2) is 41.3 Å². The molecular weight excluding hydrogens is 264 g/mol. The Morgan fingerprint density at radius 1 is 1.12 bits per heavy atom. The van der Waals surface area contributed by atoms with Crippen LogP contribution in [0, 0.1) is 0 Å². The Balaban J connectivity index is 2.27. The first kappa shape index (κ1) is 11.3. The summed E-state index contributed by atoms with van der Waals surface area (Å²) >= 11 is 3.28. The number of hydrogen-bond donors (Lipinski definition) is 0. The highest BCUT2D eigenvalue weighted by Gasteiger charge is 2.00. The van der Waals surface area contributed by atoms with Crippen LogP contribution in [0.4, 0.5) is 0 Å². The Morgan fingerprint density at radius 2 is 1.88 bits per heavy atom. The summed E-state index contributed by atoms with van der Waals surface area (Å²) < 4.78 is 0.627. The average Bonchev–Trinajstić information content (AvgIpc) is 2.30. The van der Waals surface area contributed by atoms with E-state index in [-0.39, 0.29) is 0 Å². The first-order chi connectivity index (χ1) is 7.79. The number of aryl methyl sites for hydroxylation is 1. The van der Waals surface area contributed by atoms with Gasteiger partial charge in [0.1, 0.15) is 0 Å². The van der Waals surface area contributed by atoms with Gasteiger partial charge in [0.05, 0.1) is 5.69 Å². The normalized spacial score (nSPS) is 10.4. The second-order valence-electron chi connectivity index (χ2n) is 3.66. The Kier molecular flexibility index (Phi) is 3.67. The summed E-state index contributed by atoms with van der Waals surface area (Å²) in [6.45, 7) is 2.19. The van der Waals surface area contributed by atoms with Gasteiger partial charge in [-0.15, -0.1) is 0 Å². The number of halogens is 1. The highest BCUT2D eigenvalue weighted by molar-refractivity contribution is 9.10. The van der Waals surface area contributed by atoms with Gasteiger partial charge in [-0.05, 0) is 34.0 Å². The zero-order valence-electron chi connectivity index (χ0n) is 9.15. The third-order valence-electron chi connectivity index (χ3n) is 2.41. The van der Waals surface area contributed by atoms with Gasteiger partial charge in [-0.2, -0.15) is 0 Å². The van der Waals surface area contributed by atoms with Crippen molar-refractivity contribution in [1.82, 2.24) is 9.97 Å². The van der Waals surface area contributed by atoms with Gasteiger partial charge in [0.2, 0.25) is 0 Å². The molecule has 1 heterocycles. The molecule has 0 atom stereocenters. The van der Waals surface area contributed by atoms with Crippen molar-refractivity contribution >= 4 is 15.9 Å². The summed E-state index contributed by atoms with van der Waals surface area (Å²) in [6.07, 6.45) is 4.07. The molecule has 2 aromatic rings. The first-order valence-electron chi connectivity index (χ1n) is 5.37. The Bertz CT molecular complexity index is 466. The van der Waals surface area contributed by atoms with E-state index in [1.807, 2.05) is 6.07 Å². The van der Waals surface area contributed by atoms with Crippen molar-refractivity contribution in [2.24, 2.45) is 0 Å². The van der Waals surface area contributed by atoms with Crippen molar-refractivity contribution in [3.05, 3.63) is 46.8 Å². The van der Waals surface area contributed by atoms with Crippen molar-refractivity contribution in [2.45, 2.75) is 19.8 Å². The minimum Gasteiger partial charge on any atom is -0.231 e. The van der Waals surface area contributed by atoms with Gasteiger partial charge in [-0.3, -0.25) is 0 Å². The van der Waals surface area contributed by atoms with Crippen molar-refractivity contribution < 1.29 is 0 Å². The summed E-state index contributed by atoms with van der Waals surface area (Å²) in [5.74, 6) is 0. The summed E-state index contributed by atoms with van der Waals surface area (Å²) in [7, 11) is 0. The predicted octanol–water partition coefficient (Wildman–Crippen LogP) is 3.86. The van der Waals surface area contributed by atoms with Crippen molar-refractivity contribution in [3.63, 3.8) is 0 Å². The highest BCUT2D eigenvalue weighted by atomic mass is 79.9. The fourth-order valence-corrected chi connectivity index (χ4v) is 1.94. The van der Waals surface area contributed by atoms with Gasteiger partial charge in [-0.25, -0.2) is 9.97 Å². The lowest BCUT2D eigenvalue weighted by Gasteiger charge is -2.03. The van der Waals surface area contributed by atoms with Gasteiger partial charge in [0.25, 0.3) is 0 Å². The molecule has 0 aliphatic carbocycles. The highest BCUT2D eigenvalue weighted by Crippen LogP contribution is 2.18. The molecule has 16 heavy (non-hydrogen) atoms. The van der Waals surface area contributed by atoms with Crippen molar-refractivity contribution in [2.75, 3.05) is 0 Å². The SMILES string of the molecule is CCCc1ccc(-c2ccnc(Br)n2)cc1. The van der Waals surface area contributed by atoms with Crippen LogP contribution in [0.2, 0.25) is 0 Å². The molecule has 0 aliphatic heterocycles. The van der Waals surface area contributed by atoms with Crippen LogP contribution in [0.25, 0.3) is 11.3 Å². The van der Waals surface area contributed by atoms with Crippen LogP contribution in [-0.2, 0) is 6.42 Å². The number of hydrogen-bond acceptors (Lipinski definition) is 2. The molecule has 1 aromatic carbocycles.